The molecule has 0 bridgehead atoms. The second kappa shape index (κ2) is 7.07. The molecule has 2 nitrogen and oxygen atoms in total. The average molecular weight is 350 g/mol. The molecule has 0 spiro atoms. The summed E-state index contributed by atoms with van der Waals surface area (Å²) in [6, 6.07) is 6.10. The van der Waals surface area contributed by atoms with E-state index in [1.165, 1.54) is 25.7 Å². The van der Waals surface area contributed by atoms with Gasteiger partial charge in [-0.15, -0.1) is 0 Å². The third-order valence-corrected chi connectivity index (χ3v) is 7.69. The third kappa shape index (κ3) is 3.40. The van der Waals surface area contributed by atoms with Gasteiger partial charge >= 0.3 is 134 Å². The van der Waals surface area contributed by atoms with Gasteiger partial charge in [0.05, 0.1) is 0 Å². The molecule has 2 aliphatic carbocycles. The van der Waals surface area contributed by atoms with Gasteiger partial charge in [-0.25, -0.2) is 0 Å². The van der Waals surface area contributed by atoms with Gasteiger partial charge in [0.15, 0.2) is 0 Å². The van der Waals surface area contributed by atoms with E-state index in [2.05, 4.69) is 18.0 Å². The van der Waals surface area contributed by atoms with Crippen LogP contribution in [0.15, 0.2) is 24.4 Å². The standard InChI is InChI=1S/C18H25NOSe/c1-2-7-15-14-9-4-3-8-13(14)12-16(18(15)20)21-17-10-5-6-11-19-17/h5-6,10-11,13-16H,2-4,7-9,12H2,1H3/t13-,14?,15-,16?/m0/s1. The van der Waals surface area contributed by atoms with E-state index in [4.69, 9.17) is 0 Å². The molecule has 1 heterocycles. The molecule has 0 N–H and O–H groups in total. The molecular weight excluding hydrogens is 325 g/mol. The van der Waals surface area contributed by atoms with Crippen molar-refractivity contribution >= 4 is 25.3 Å². The normalized spacial score (nSPS) is 32.7. The van der Waals surface area contributed by atoms with Gasteiger partial charge in [0.1, 0.15) is 0 Å². The quantitative estimate of drug-likeness (QED) is 0.779. The van der Waals surface area contributed by atoms with Crippen molar-refractivity contribution in [3.63, 3.8) is 0 Å². The third-order valence-electron chi connectivity index (χ3n) is 5.18. The summed E-state index contributed by atoms with van der Waals surface area (Å²) in [7, 11) is 0. The monoisotopic (exact) mass is 351 g/mol. The van der Waals surface area contributed by atoms with Gasteiger partial charge in [0.2, 0.25) is 0 Å². The van der Waals surface area contributed by atoms with E-state index >= 15 is 0 Å². The van der Waals surface area contributed by atoms with Crippen LogP contribution in [0.3, 0.4) is 0 Å². The number of nitrogens with zero attached hydrogens (tertiary/aromatic N) is 1. The maximum atomic E-state index is 13.0. The second-order valence-electron chi connectivity index (χ2n) is 6.52. The number of hydrogen-bond acceptors (Lipinski definition) is 2. The molecule has 0 amide bonds. The van der Waals surface area contributed by atoms with Crippen molar-refractivity contribution in [1.29, 1.82) is 0 Å². The van der Waals surface area contributed by atoms with E-state index in [-0.39, 0.29) is 19.8 Å². The Morgan fingerprint density at radius 1 is 1.29 bits per heavy atom. The molecule has 0 aromatic carbocycles. The fourth-order valence-corrected chi connectivity index (χ4v) is 6.76. The number of pyridine rings is 1. The predicted octanol–water partition coefficient (Wildman–Crippen LogP) is 3.40. The SMILES string of the molecule is CCC[C@@H]1C(=O)C([Se]c2ccccn2)C[C@@H]2CCCCC21. The molecule has 2 fully saturated rings. The molecule has 3 heteroatoms. The van der Waals surface area contributed by atoms with E-state index in [9.17, 15) is 4.79 Å². The first-order valence-corrected chi connectivity index (χ1v) is 10.3. The summed E-state index contributed by atoms with van der Waals surface area (Å²) in [6.07, 6.45) is 10.6. The summed E-state index contributed by atoms with van der Waals surface area (Å²) in [5.41, 5.74) is 0. The topological polar surface area (TPSA) is 30.0 Å². The Balaban J connectivity index is 1.76. The number of carbonyl (C=O) groups is 1. The summed E-state index contributed by atoms with van der Waals surface area (Å²) < 4.78 is 1.15. The zero-order chi connectivity index (χ0) is 14.7. The number of hydrogen-bond donors (Lipinski definition) is 0. The number of Topliss-reactive ketones (excluding diaryl/α,β-unsaturated/α-hetero) is 1. The fraction of sp³-hybridized carbons (Fsp3) is 0.667. The molecule has 0 aliphatic heterocycles. The van der Waals surface area contributed by atoms with Crippen molar-refractivity contribution < 1.29 is 4.79 Å². The Bertz CT molecular complexity index is 475. The molecule has 21 heavy (non-hydrogen) atoms. The predicted molar refractivity (Wildman–Crippen MR) is 86.8 cm³/mol. The number of ketones is 1. The molecule has 1 aromatic heterocycles. The van der Waals surface area contributed by atoms with Crippen LogP contribution in [0.5, 0.6) is 0 Å². The van der Waals surface area contributed by atoms with E-state index in [0.717, 1.165) is 29.8 Å². The van der Waals surface area contributed by atoms with Gasteiger partial charge in [-0.3, -0.25) is 0 Å². The van der Waals surface area contributed by atoms with Gasteiger partial charge in [-0.1, -0.05) is 0 Å². The zero-order valence-electron chi connectivity index (χ0n) is 12.8. The van der Waals surface area contributed by atoms with Crippen LogP contribution in [-0.2, 0) is 4.79 Å². The maximum absolute atomic E-state index is 13.0. The van der Waals surface area contributed by atoms with Crippen LogP contribution in [0.1, 0.15) is 51.9 Å². The Morgan fingerprint density at radius 3 is 2.90 bits per heavy atom. The molecule has 2 aliphatic rings. The van der Waals surface area contributed by atoms with E-state index in [0.29, 0.717) is 17.6 Å². The molecule has 2 unspecified atom stereocenters. The van der Waals surface area contributed by atoms with Gasteiger partial charge in [0.25, 0.3) is 0 Å². The first kappa shape index (κ1) is 15.2. The molecule has 0 saturated heterocycles. The summed E-state index contributed by atoms with van der Waals surface area (Å²) in [5, 5.41) is 0. The molecule has 2 saturated carbocycles. The molecule has 114 valence electrons. The van der Waals surface area contributed by atoms with Gasteiger partial charge in [-0.2, -0.15) is 0 Å². The van der Waals surface area contributed by atoms with Gasteiger partial charge in [0, 0.05) is 0 Å². The van der Waals surface area contributed by atoms with Crippen LogP contribution in [0, 0.1) is 17.8 Å². The zero-order valence-corrected chi connectivity index (χ0v) is 14.5. The Kier molecular flexibility index (Phi) is 5.13. The van der Waals surface area contributed by atoms with E-state index in [1.807, 2.05) is 18.3 Å². The van der Waals surface area contributed by atoms with Gasteiger partial charge in [-0.05, 0) is 0 Å². The summed E-state index contributed by atoms with van der Waals surface area (Å²) >= 11 is 0.215. The Labute approximate surface area is 134 Å². The second-order valence-corrected chi connectivity index (χ2v) is 9.08. The molecule has 0 radical (unpaired) electrons. The summed E-state index contributed by atoms with van der Waals surface area (Å²) in [4.78, 5) is 17.7. The van der Waals surface area contributed by atoms with Crippen molar-refractivity contribution in [3.8, 4) is 0 Å². The van der Waals surface area contributed by atoms with Crippen LogP contribution < -0.4 is 4.59 Å². The molecule has 3 rings (SSSR count). The molecular formula is C18H25NOSe. The van der Waals surface area contributed by atoms with Crippen molar-refractivity contribution in [1.82, 2.24) is 4.98 Å². The van der Waals surface area contributed by atoms with Crippen molar-refractivity contribution in [2.75, 3.05) is 0 Å². The minimum absolute atomic E-state index is 0.215. The summed E-state index contributed by atoms with van der Waals surface area (Å²) in [5.74, 6) is 2.43. The first-order chi connectivity index (χ1) is 10.3. The number of fused-ring (bicyclic) bond motifs is 1. The van der Waals surface area contributed by atoms with E-state index in [1.54, 1.807) is 0 Å². The number of carbonyl (C=O) groups excluding carboxylic acids is 1. The van der Waals surface area contributed by atoms with E-state index < -0.39 is 0 Å². The van der Waals surface area contributed by atoms with Gasteiger partial charge < -0.3 is 0 Å². The first-order valence-electron chi connectivity index (χ1n) is 8.41. The van der Waals surface area contributed by atoms with Crippen molar-refractivity contribution in [2.45, 2.75) is 56.7 Å². The molecule has 4 atom stereocenters. The Hall–Kier alpha value is -0.661. The fourth-order valence-electron chi connectivity index (χ4n) is 4.24. The average Bonchev–Trinajstić information content (AvgIpc) is 2.52. The minimum atomic E-state index is 0.215. The van der Waals surface area contributed by atoms with Crippen LogP contribution >= 0.6 is 0 Å². The van der Waals surface area contributed by atoms with Crippen LogP contribution in [0.2, 0.25) is 4.82 Å². The Morgan fingerprint density at radius 2 is 2.14 bits per heavy atom. The van der Waals surface area contributed by atoms with Crippen LogP contribution in [-0.4, -0.2) is 25.7 Å². The van der Waals surface area contributed by atoms with Crippen molar-refractivity contribution in [2.24, 2.45) is 17.8 Å². The molecule has 1 aromatic rings. The van der Waals surface area contributed by atoms with Crippen LogP contribution in [0.25, 0.3) is 0 Å². The number of rotatable bonds is 4. The van der Waals surface area contributed by atoms with Crippen molar-refractivity contribution in [3.05, 3.63) is 24.4 Å². The van der Waals surface area contributed by atoms with Crippen LogP contribution in [0.4, 0.5) is 0 Å². The number of aromatic nitrogens is 1. The summed E-state index contributed by atoms with van der Waals surface area (Å²) in [6.45, 7) is 2.22.